The van der Waals surface area contributed by atoms with Crippen molar-refractivity contribution < 1.29 is 14.3 Å². The van der Waals surface area contributed by atoms with Crippen molar-refractivity contribution in [1.82, 2.24) is 0 Å². The van der Waals surface area contributed by atoms with Crippen molar-refractivity contribution in [3.63, 3.8) is 0 Å². The minimum Gasteiger partial charge on any atom is -0.494 e. The van der Waals surface area contributed by atoms with Crippen molar-refractivity contribution in [2.45, 2.75) is 20.8 Å². The lowest BCUT2D eigenvalue weighted by molar-refractivity contribution is -0.120. The van der Waals surface area contributed by atoms with Gasteiger partial charge < -0.3 is 9.64 Å². The SMILES string of the molecule is CCOc1ccc(C2=C(N(C)c3ccccc3)C(=O)N(c3cc(C)ccc3C)C2=O)cc1. The van der Waals surface area contributed by atoms with E-state index in [1.807, 2.05) is 101 Å². The van der Waals surface area contributed by atoms with E-state index in [4.69, 9.17) is 4.74 Å². The normalized spacial score (nSPS) is 13.7. The van der Waals surface area contributed by atoms with E-state index in [9.17, 15) is 9.59 Å². The van der Waals surface area contributed by atoms with E-state index < -0.39 is 0 Å². The van der Waals surface area contributed by atoms with Crippen LogP contribution < -0.4 is 14.5 Å². The van der Waals surface area contributed by atoms with Crippen molar-refractivity contribution in [2.75, 3.05) is 23.5 Å². The Bertz CT molecular complexity index is 1200. The number of likely N-dealkylation sites (N-methyl/N-ethyl adjacent to an activating group) is 1. The lowest BCUT2D eigenvalue weighted by Crippen LogP contribution is -2.34. The summed E-state index contributed by atoms with van der Waals surface area (Å²) in [5.74, 6) is 0.0579. The molecule has 0 fully saturated rings. The molecule has 162 valence electrons. The van der Waals surface area contributed by atoms with Crippen LogP contribution in [0, 0.1) is 13.8 Å². The van der Waals surface area contributed by atoms with Crippen LogP contribution in [0.4, 0.5) is 11.4 Å². The largest absolute Gasteiger partial charge is 0.494 e. The third kappa shape index (κ3) is 3.78. The number of amides is 2. The van der Waals surface area contributed by atoms with Crippen LogP contribution in [0.5, 0.6) is 5.75 Å². The number of hydrogen-bond acceptors (Lipinski definition) is 4. The molecule has 0 aromatic heterocycles. The molecule has 3 aromatic carbocycles. The number of aryl methyl sites for hydroxylation is 2. The van der Waals surface area contributed by atoms with Crippen LogP contribution in [0.3, 0.4) is 0 Å². The summed E-state index contributed by atoms with van der Waals surface area (Å²) < 4.78 is 5.55. The number of hydrogen-bond donors (Lipinski definition) is 0. The van der Waals surface area contributed by atoms with Crippen molar-refractivity contribution in [2.24, 2.45) is 0 Å². The van der Waals surface area contributed by atoms with Gasteiger partial charge in [0.25, 0.3) is 11.8 Å². The standard InChI is InChI=1S/C27H26N2O3/c1-5-32-22-15-13-20(14-16-22)24-25(28(4)21-9-7-6-8-10-21)27(31)29(26(24)30)23-17-18(2)11-12-19(23)3/h6-17H,5H2,1-4H3. The van der Waals surface area contributed by atoms with Crippen LogP contribution in [0.25, 0.3) is 5.57 Å². The summed E-state index contributed by atoms with van der Waals surface area (Å²) in [6, 6.07) is 22.7. The lowest BCUT2D eigenvalue weighted by atomic mass is 10.0. The highest BCUT2D eigenvalue weighted by atomic mass is 16.5. The summed E-state index contributed by atoms with van der Waals surface area (Å²) in [6.45, 7) is 6.34. The number of carbonyl (C=O) groups excluding carboxylic acids is 2. The van der Waals surface area contributed by atoms with Gasteiger partial charge in [-0.3, -0.25) is 9.59 Å². The van der Waals surface area contributed by atoms with Crippen molar-refractivity contribution >= 4 is 28.8 Å². The maximum Gasteiger partial charge on any atom is 0.282 e. The Morgan fingerprint density at radius 1 is 0.875 bits per heavy atom. The van der Waals surface area contributed by atoms with Gasteiger partial charge in [0.15, 0.2) is 0 Å². The van der Waals surface area contributed by atoms with Crippen LogP contribution in [-0.4, -0.2) is 25.5 Å². The highest BCUT2D eigenvalue weighted by Crippen LogP contribution is 2.37. The molecule has 0 radical (unpaired) electrons. The van der Waals surface area contributed by atoms with E-state index in [0.717, 1.165) is 22.6 Å². The van der Waals surface area contributed by atoms with Gasteiger partial charge in [0.2, 0.25) is 0 Å². The average Bonchev–Trinajstić information content (AvgIpc) is 3.06. The van der Waals surface area contributed by atoms with Gasteiger partial charge in [-0.2, -0.15) is 0 Å². The number of anilines is 2. The molecule has 3 aromatic rings. The predicted molar refractivity (Wildman–Crippen MR) is 128 cm³/mol. The topological polar surface area (TPSA) is 49.9 Å². The second-order valence-electron chi connectivity index (χ2n) is 7.81. The summed E-state index contributed by atoms with van der Waals surface area (Å²) in [4.78, 5) is 30.5. The number of benzene rings is 3. The molecule has 1 aliphatic rings. The molecule has 0 bridgehead atoms. The van der Waals surface area contributed by atoms with E-state index in [-0.39, 0.29) is 11.8 Å². The molecule has 0 atom stereocenters. The summed E-state index contributed by atoms with van der Waals surface area (Å²) in [5.41, 5.74) is 4.70. The molecule has 32 heavy (non-hydrogen) atoms. The van der Waals surface area contributed by atoms with E-state index in [1.165, 1.54) is 4.90 Å². The molecule has 5 heteroatoms. The first-order valence-electron chi connectivity index (χ1n) is 10.6. The fourth-order valence-electron chi connectivity index (χ4n) is 3.93. The third-order valence-electron chi connectivity index (χ3n) is 5.60. The average molecular weight is 427 g/mol. The van der Waals surface area contributed by atoms with Crippen molar-refractivity contribution in [3.05, 3.63) is 95.2 Å². The van der Waals surface area contributed by atoms with Gasteiger partial charge in [0, 0.05) is 12.7 Å². The number of ether oxygens (including phenoxy) is 1. The summed E-state index contributed by atoms with van der Waals surface area (Å²) >= 11 is 0. The molecule has 5 nitrogen and oxygen atoms in total. The highest BCUT2D eigenvalue weighted by Gasteiger charge is 2.42. The van der Waals surface area contributed by atoms with E-state index >= 15 is 0 Å². The lowest BCUT2D eigenvalue weighted by Gasteiger charge is -2.22. The van der Waals surface area contributed by atoms with Crippen LogP contribution in [0.2, 0.25) is 0 Å². The second-order valence-corrected chi connectivity index (χ2v) is 7.81. The summed E-state index contributed by atoms with van der Waals surface area (Å²) in [5, 5.41) is 0. The quantitative estimate of drug-likeness (QED) is 0.513. The van der Waals surface area contributed by atoms with Crippen molar-refractivity contribution in [3.8, 4) is 5.75 Å². The number of imide groups is 1. The summed E-state index contributed by atoms with van der Waals surface area (Å²) in [7, 11) is 1.82. The van der Waals surface area contributed by atoms with Crippen LogP contribution in [-0.2, 0) is 9.59 Å². The second kappa shape index (κ2) is 8.71. The van der Waals surface area contributed by atoms with Crippen LogP contribution >= 0.6 is 0 Å². The van der Waals surface area contributed by atoms with Gasteiger partial charge in [0.1, 0.15) is 11.4 Å². The summed E-state index contributed by atoms with van der Waals surface area (Å²) in [6.07, 6.45) is 0. The Kier molecular flexibility index (Phi) is 5.82. The Labute approximate surface area is 188 Å². The maximum atomic E-state index is 13.7. The molecule has 0 N–H and O–H groups in total. The fraction of sp³-hybridized carbons (Fsp3) is 0.185. The predicted octanol–water partition coefficient (Wildman–Crippen LogP) is 5.12. The Hall–Kier alpha value is -3.86. The zero-order valence-corrected chi connectivity index (χ0v) is 18.8. The zero-order valence-electron chi connectivity index (χ0n) is 18.8. The van der Waals surface area contributed by atoms with Gasteiger partial charge in [-0.25, -0.2) is 4.90 Å². The monoisotopic (exact) mass is 426 g/mol. The third-order valence-corrected chi connectivity index (χ3v) is 5.60. The molecule has 2 amide bonds. The van der Waals surface area contributed by atoms with Gasteiger partial charge in [0.05, 0.1) is 17.9 Å². The van der Waals surface area contributed by atoms with Gasteiger partial charge in [-0.15, -0.1) is 0 Å². The molecular weight excluding hydrogens is 400 g/mol. The molecule has 0 spiro atoms. The first kappa shape index (κ1) is 21.4. The van der Waals surface area contributed by atoms with Crippen LogP contribution in [0.15, 0.2) is 78.5 Å². The molecule has 0 aliphatic carbocycles. The number of rotatable bonds is 6. The minimum absolute atomic E-state index is 0.328. The van der Waals surface area contributed by atoms with Gasteiger partial charge >= 0.3 is 0 Å². The maximum absolute atomic E-state index is 13.7. The van der Waals surface area contributed by atoms with Gasteiger partial charge in [-0.1, -0.05) is 42.5 Å². The Morgan fingerprint density at radius 2 is 1.56 bits per heavy atom. The first-order valence-corrected chi connectivity index (χ1v) is 10.6. The van der Waals surface area contributed by atoms with Crippen LogP contribution in [0.1, 0.15) is 23.6 Å². The molecule has 4 rings (SSSR count). The fourth-order valence-corrected chi connectivity index (χ4v) is 3.93. The van der Waals surface area contributed by atoms with E-state index in [2.05, 4.69) is 0 Å². The Balaban J connectivity index is 1.87. The number of carbonyl (C=O) groups is 2. The highest BCUT2D eigenvalue weighted by molar-refractivity contribution is 6.46. The molecule has 1 aliphatic heterocycles. The molecule has 0 unspecified atom stereocenters. The Morgan fingerprint density at radius 3 is 2.22 bits per heavy atom. The zero-order chi connectivity index (χ0) is 22.8. The molecule has 0 saturated carbocycles. The first-order chi connectivity index (χ1) is 15.4. The minimum atomic E-state index is -0.334. The smallest absolute Gasteiger partial charge is 0.282 e. The van der Waals surface area contributed by atoms with E-state index in [1.54, 1.807) is 4.90 Å². The number of nitrogens with zero attached hydrogens (tertiary/aromatic N) is 2. The molecule has 0 saturated heterocycles. The number of para-hydroxylation sites is 1. The molecule has 1 heterocycles. The van der Waals surface area contributed by atoms with E-state index in [0.29, 0.717) is 29.1 Å². The van der Waals surface area contributed by atoms with Gasteiger partial charge in [-0.05, 0) is 67.8 Å². The van der Waals surface area contributed by atoms with Crippen molar-refractivity contribution in [1.29, 1.82) is 0 Å². The molecular formula is C27H26N2O3.